The van der Waals surface area contributed by atoms with Gasteiger partial charge in [-0.15, -0.1) is 0 Å². The highest BCUT2D eigenvalue weighted by Crippen LogP contribution is 2.50. The Morgan fingerprint density at radius 2 is 1.87 bits per heavy atom. The van der Waals surface area contributed by atoms with Gasteiger partial charge in [-0.25, -0.2) is 4.79 Å². The molecule has 2 aromatic carbocycles. The van der Waals surface area contributed by atoms with E-state index in [4.69, 9.17) is 11.6 Å². The number of hydrogen-bond donors (Lipinski definition) is 3. The molecule has 0 aliphatic heterocycles. The molecule has 0 saturated heterocycles. The number of non-ortho nitro benzene ring substituents is 1. The van der Waals surface area contributed by atoms with Gasteiger partial charge in [-0.1, -0.05) is 29.4 Å². The lowest BCUT2D eigenvalue weighted by molar-refractivity contribution is -0.384. The molecule has 7 nitrogen and oxygen atoms in total. The van der Waals surface area contributed by atoms with Crippen molar-refractivity contribution in [1.29, 1.82) is 0 Å². The minimum atomic E-state index is -4.82. The van der Waals surface area contributed by atoms with E-state index in [1.54, 1.807) is 24.3 Å². The normalized spacial score (nSPS) is 11.3. The van der Waals surface area contributed by atoms with Crippen LogP contribution < -0.4 is 0 Å². The molecular formula is C13H10ClNO6PS+. The molecule has 3 N–H and O–H groups in total. The number of nitro groups is 1. The zero-order valence-electron chi connectivity index (χ0n) is 11.3. The lowest BCUT2D eigenvalue weighted by Gasteiger charge is -2.08. The van der Waals surface area contributed by atoms with Crippen LogP contribution in [0.25, 0.3) is 0 Å². The summed E-state index contributed by atoms with van der Waals surface area (Å²) in [6.45, 7) is 0. The zero-order valence-corrected chi connectivity index (χ0v) is 13.8. The number of nitrogens with zero attached hydrogens (tertiary/aromatic N) is 1. The summed E-state index contributed by atoms with van der Waals surface area (Å²) in [5.41, 5.74) is -2.10. The minimum Gasteiger partial charge on any atom is -0.258 e. The molecule has 0 spiro atoms. The van der Waals surface area contributed by atoms with Crippen LogP contribution in [0.5, 0.6) is 0 Å². The van der Waals surface area contributed by atoms with Crippen molar-refractivity contribution < 1.29 is 24.4 Å². The Morgan fingerprint density at radius 3 is 2.43 bits per heavy atom. The summed E-state index contributed by atoms with van der Waals surface area (Å²) >= 11 is 6.92. The van der Waals surface area contributed by atoms with E-state index in [1.807, 2.05) is 0 Å². The van der Waals surface area contributed by atoms with Crippen molar-refractivity contribution in [2.24, 2.45) is 0 Å². The van der Waals surface area contributed by atoms with Crippen molar-refractivity contribution in [3.05, 3.63) is 63.2 Å². The van der Waals surface area contributed by atoms with E-state index >= 15 is 0 Å². The van der Waals surface area contributed by atoms with Gasteiger partial charge in [0.2, 0.25) is 0 Å². The van der Waals surface area contributed by atoms with Gasteiger partial charge < -0.3 is 0 Å². The van der Waals surface area contributed by atoms with Gasteiger partial charge in [0.15, 0.2) is 0 Å². The number of benzene rings is 2. The van der Waals surface area contributed by atoms with E-state index in [0.29, 0.717) is 9.92 Å². The fraction of sp³-hybridized carbons (Fsp3) is 0. The van der Waals surface area contributed by atoms with E-state index in [-0.39, 0.29) is 10.5 Å². The molecule has 0 heterocycles. The summed E-state index contributed by atoms with van der Waals surface area (Å²) in [6, 6.07) is 10.0. The summed E-state index contributed by atoms with van der Waals surface area (Å²) in [5.74, 6) is 0. The molecule has 0 bridgehead atoms. The van der Waals surface area contributed by atoms with Crippen molar-refractivity contribution in [2.75, 3.05) is 0 Å². The SMILES string of the molecule is O=C(c1cc([N+](=O)[O-])ccc1Sc1cccc(Cl)c1)[P+](O)(O)O. The van der Waals surface area contributed by atoms with Gasteiger partial charge in [0, 0.05) is 26.9 Å². The van der Waals surface area contributed by atoms with Crippen LogP contribution in [0.3, 0.4) is 0 Å². The Morgan fingerprint density at radius 1 is 1.17 bits per heavy atom. The standard InChI is InChI=1S/C13H10ClNO6PS/c14-8-2-1-3-10(6-8)23-12-5-4-9(15(17)18)7-11(12)13(16)22(19,20)21/h1-7,19-21H/q+1. The molecule has 0 saturated carbocycles. The molecule has 120 valence electrons. The fourth-order valence-electron chi connectivity index (χ4n) is 1.71. The lowest BCUT2D eigenvalue weighted by atomic mass is 10.2. The third-order valence-corrected chi connectivity index (χ3v) is 4.79. The van der Waals surface area contributed by atoms with Crippen LogP contribution in [-0.2, 0) is 0 Å². The van der Waals surface area contributed by atoms with Crippen molar-refractivity contribution in [1.82, 2.24) is 0 Å². The topological polar surface area (TPSA) is 121 Å². The quantitative estimate of drug-likeness (QED) is 0.417. The number of carbonyl (C=O) groups excluding carboxylic acids is 1. The molecule has 0 unspecified atom stereocenters. The molecule has 0 atom stereocenters. The molecule has 0 fully saturated rings. The molecule has 2 rings (SSSR count). The molecule has 0 aliphatic carbocycles. The van der Waals surface area contributed by atoms with Crippen LogP contribution in [0.1, 0.15) is 10.4 Å². The minimum absolute atomic E-state index is 0.226. The maximum atomic E-state index is 12.0. The van der Waals surface area contributed by atoms with Gasteiger partial charge in [0.1, 0.15) is 0 Å². The maximum Gasteiger partial charge on any atom is 0.483 e. The fourth-order valence-corrected chi connectivity index (χ4v) is 3.53. The Labute approximate surface area is 140 Å². The Hall–Kier alpha value is -1.54. The average Bonchev–Trinajstić information content (AvgIpc) is 2.45. The van der Waals surface area contributed by atoms with Crippen molar-refractivity contribution in [2.45, 2.75) is 9.79 Å². The first-order chi connectivity index (χ1) is 10.7. The van der Waals surface area contributed by atoms with Gasteiger partial charge in [0.25, 0.3) is 5.69 Å². The highest BCUT2D eigenvalue weighted by Gasteiger charge is 2.45. The first kappa shape index (κ1) is 17.8. The molecule has 10 heteroatoms. The van der Waals surface area contributed by atoms with Crippen LogP contribution in [0, 0.1) is 10.1 Å². The third-order valence-electron chi connectivity index (χ3n) is 2.70. The largest absolute Gasteiger partial charge is 0.483 e. The second-order valence-corrected chi connectivity index (χ2v) is 7.47. The van der Waals surface area contributed by atoms with Gasteiger partial charge in [-0.05, 0) is 24.3 Å². The molecule has 0 amide bonds. The van der Waals surface area contributed by atoms with Crippen molar-refractivity contribution in [3.8, 4) is 0 Å². The van der Waals surface area contributed by atoms with Crippen molar-refractivity contribution >= 4 is 42.5 Å². The number of nitro benzene ring substituents is 1. The predicted octanol–water partition coefficient (Wildman–Crippen LogP) is 3.28. The number of rotatable bonds is 5. The third kappa shape index (κ3) is 4.48. The van der Waals surface area contributed by atoms with E-state index < -0.39 is 24.1 Å². The predicted molar refractivity (Wildman–Crippen MR) is 86.6 cm³/mol. The Kier molecular flexibility index (Phi) is 5.36. The summed E-state index contributed by atoms with van der Waals surface area (Å²) < 4.78 is 0. The molecule has 0 radical (unpaired) electrons. The average molecular weight is 375 g/mol. The Balaban J connectivity index is 2.50. The molecule has 2 aromatic rings. The number of carbonyl (C=O) groups is 1. The lowest BCUT2D eigenvalue weighted by Crippen LogP contribution is -2.07. The summed E-state index contributed by atoms with van der Waals surface area (Å²) in [5, 5.41) is 11.3. The summed E-state index contributed by atoms with van der Waals surface area (Å²) in [7, 11) is -4.82. The zero-order chi connectivity index (χ0) is 17.2. The van der Waals surface area contributed by atoms with Crippen LogP contribution in [0.15, 0.2) is 52.3 Å². The van der Waals surface area contributed by atoms with Gasteiger partial charge >= 0.3 is 13.5 Å². The second kappa shape index (κ2) is 6.92. The molecular weight excluding hydrogens is 365 g/mol. The summed E-state index contributed by atoms with van der Waals surface area (Å²) in [6.07, 6.45) is 0. The van der Waals surface area contributed by atoms with E-state index in [0.717, 1.165) is 17.8 Å². The van der Waals surface area contributed by atoms with Crippen LogP contribution in [-0.4, -0.2) is 25.1 Å². The molecule has 0 aromatic heterocycles. The van der Waals surface area contributed by atoms with Gasteiger partial charge in [-0.2, -0.15) is 14.7 Å². The first-order valence-electron chi connectivity index (χ1n) is 6.02. The van der Waals surface area contributed by atoms with E-state index in [9.17, 15) is 29.6 Å². The van der Waals surface area contributed by atoms with Crippen molar-refractivity contribution in [3.63, 3.8) is 0 Å². The summed E-state index contributed by atoms with van der Waals surface area (Å²) in [4.78, 5) is 50.5. The first-order valence-corrected chi connectivity index (χ1v) is 8.86. The molecule has 0 aliphatic rings. The maximum absolute atomic E-state index is 12.0. The highest BCUT2D eigenvalue weighted by molar-refractivity contribution is 7.99. The Bertz CT molecular complexity index is 779. The van der Waals surface area contributed by atoms with Crippen LogP contribution in [0.4, 0.5) is 5.69 Å². The number of halogens is 1. The molecule has 23 heavy (non-hydrogen) atoms. The number of hydrogen-bond acceptors (Lipinski definition) is 7. The highest BCUT2D eigenvalue weighted by atomic mass is 35.5. The monoisotopic (exact) mass is 374 g/mol. The van der Waals surface area contributed by atoms with E-state index in [2.05, 4.69) is 0 Å². The smallest absolute Gasteiger partial charge is 0.258 e. The van der Waals surface area contributed by atoms with Gasteiger partial charge in [-0.3, -0.25) is 10.1 Å². The van der Waals surface area contributed by atoms with Crippen LogP contribution in [0.2, 0.25) is 5.02 Å². The van der Waals surface area contributed by atoms with Gasteiger partial charge in [0.05, 0.1) is 10.5 Å². The van der Waals surface area contributed by atoms with Crippen LogP contribution >= 0.6 is 31.3 Å². The van der Waals surface area contributed by atoms with E-state index in [1.165, 1.54) is 12.1 Å². The second-order valence-electron chi connectivity index (χ2n) is 4.37.